The minimum atomic E-state index is -0.711. The van der Waals surface area contributed by atoms with E-state index < -0.39 is 10.8 Å². The molecule has 2 nitrogen and oxygen atoms in total. The van der Waals surface area contributed by atoms with Gasteiger partial charge in [-0.3, -0.25) is 4.21 Å². The average molecular weight is 279 g/mol. The van der Waals surface area contributed by atoms with Gasteiger partial charge < -0.3 is 5.32 Å². The first-order valence-corrected chi connectivity index (χ1v) is 8.76. The van der Waals surface area contributed by atoms with E-state index in [0.717, 1.165) is 13.0 Å². The van der Waals surface area contributed by atoms with Crippen molar-refractivity contribution in [3.63, 3.8) is 0 Å². The zero-order chi connectivity index (χ0) is 14.0. The molecular formula is C16H25NOS. The summed E-state index contributed by atoms with van der Waals surface area (Å²) in [4.78, 5) is 0. The summed E-state index contributed by atoms with van der Waals surface area (Å²) in [5, 5.41) is 3.94. The largest absolute Gasteiger partial charge is 0.310 e. The highest BCUT2D eigenvalue weighted by Crippen LogP contribution is 2.36. The van der Waals surface area contributed by atoms with Gasteiger partial charge >= 0.3 is 0 Å². The number of rotatable bonds is 5. The Labute approximate surface area is 119 Å². The molecule has 3 heteroatoms. The molecule has 19 heavy (non-hydrogen) atoms. The molecule has 106 valence electrons. The number of aryl methyl sites for hydroxylation is 1. The third-order valence-corrected chi connectivity index (χ3v) is 5.60. The fraction of sp³-hybridized carbons (Fsp3) is 0.625. The SMILES string of the molecule is Cc1ccc2c(c1)C(NCCC(C)S(C)=O)C(C)C2. The van der Waals surface area contributed by atoms with Crippen LogP contribution in [0.3, 0.4) is 0 Å². The highest BCUT2D eigenvalue weighted by molar-refractivity contribution is 7.84. The molecule has 0 heterocycles. The summed E-state index contributed by atoms with van der Waals surface area (Å²) in [5.41, 5.74) is 4.29. The molecule has 1 aliphatic rings. The highest BCUT2D eigenvalue weighted by Gasteiger charge is 2.28. The van der Waals surface area contributed by atoms with Crippen LogP contribution in [0.25, 0.3) is 0 Å². The van der Waals surface area contributed by atoms with Crippen LogP contribution in [0.5, 0.6) is 0 Å². The van der Waals surface area contributed by atoms with Crippen molar-refractivity contribution in [1.82, 2.24) is 5.32 Å². The Morgan fingerprint density at radius 3 is 2.89 bits per heavy atom. The van der Waals surface area contributed by atoms with E-state index in [2.05, 4.69) is 44.3 Å². The maximum atomic E-state index is 11.4. The Bertz CT molecular complexity index is 472. The van der Waals surface area contributed by atoms with Crippen LogP contribution < -0.4 is 5.32 Å². The number of fused-ring (bicyclic) bond motifs is 1. The molecule has 0 amide bonds. The van der Waals surface area contributed by atoms with E-state index in [9.17, 15) is 4.21 Å². The number of hydrogen-bond acceptors (Lipinski definition) is 2. The van der Waals surface area contributed by atoms with Crippen LogP contribution in [0, 0.1) is 12.8 Å². The second-order valence-electron chi connectivity index (χ2n) is 5.91. The van der Waals surface area contributed by atoms with Gasteiger partial charge in [0.25, 0.3) is 0 Å². The molecule has 1 aliphatic carbocycles. The normalized spacial score (nSPS) is 25.1. The zero-order valence-electron chi connectivity index (χ0n) is 12.4. The second-order valence-corrected chi connectivity index (χ2v) is 7.72. The number of benzene rings is 1. The summed E-state index contributed by atoms with van der Waals surface area (Å²) < 4.78 is 11.4. The van der Waals surface area contributed by atoms with E-state index in [1.807, 2.05) is 0 Å². The lowest BCUT2D eigenvalue weighted by Gasteiger charge is -2.20. The molecule has 0 aromatic heterocycles. The Morgan fingerprint density at radius 1 is 1.47 bits per heavy atom. The molecule has 1 aromatic rings. The van der Waals surface area contributed by atoms with Crippen LogP contribution in [-0.2, 0) is 17.2 Å². The van der Waals surface area contributed by atoms with Crippen molar-refractivity contribution in [2.75, 3.05) is 12.8 Å². The fourth-order valence-electron chi connectivity index (χ4n) is 2.88. The summed E-state index contributed by atoms with van der Waals surface area (Å²) in [7, 11) is -0.711. The summed E-state index contributed by atoms with van der Waals surface area (Å²) in [5.74, 6) is 0.652. The third kappa shape index (κ3) is 3.46. The van der Waals surface area contributed by atoms with Crippen LogP contribution in [0.15, 0.2) is 18.2 Å². The van der Waals surface area contributed by atoms with Gasteiger partial charge in [-0.2, -0.15) is 0 Å². The Balaban J connectivity index is 1.98. The first kappa shape index (κ1) is 14.7. The number of nitrogens with one attached hydrogen (secondary N) is 1. The standard InChI is InChI=1S/C16H25NOS/c1-11-5-6-14-10-12(2)16(15(14)9-11)17-8-7-13(3)19(4)18/h5-6,9,12-13,16-17H,7-8,10H2,1-4H3. The van der Waals surface area contributed by atoms with Crippen molar-refractivity contribution in [3.05, 3.63) is 34.9 Å². The first-order chi connectivity index (χ1) is 8.99. The van der Waals surface area contributed by atoms with Gasteiger partial charge in [-0.25, -0.2) is 0 Å². The third-order valence-electron chi connectivity index (χ3n) is 4.23. The lowest BCUT2D eigenvalue weighted by atomic mass is 10.0. The zero-order valence-corrected chi connectivity index (χ0v) is 13.2. The average Bonchev–Trinajstić information content (AvgIpc) is 2.65. The summed E-state index contributed by atoms with van der Waals surface area (Å²) >= 11 is 0. The smallest absolute Gasteiger partial charge is 0.0352 e. The molecule has 0 bridgehead atoms. The maximum Gasteiger partial charge on any atom is 0.0352 e. The van der Waals surface area contributed by atoms with Crippen molar-refractivity contribution in [1.29, 1.82) is 0 Å². The molecule has 0 saturated heterocycles. The van der Waals surface area contributed by atoms with Gasteiger partial charge in [0.05, 0.1) is 0 Å². The second kappa shape index (κ2) is 6.19. The lowest BCUT2D eigenvalue weighted by molar-refractivity contribution is 0.413. The van der Waals surface area contributed by atoms with E-state index in [-0.39, 0.29) is 5.25 Å². The molecule has 0 radical (unpaired) electrons. The first-order valence-electron chi connectivity index (χ1n) is 7.14. The van der Waals surface area contributed by atoms with Crippen LogP contribution in [0.2, 0.25) is 0 Å². The van der Waals surface area contributed by atoms with Crippen LogP contribution in [0.4, 0.5) is 0 Å². The molecule has 1 N–H and O–H groups in total. The quantitative estimate of drug-likeness (QED) is 0.898. The van der Waals surface area contributed by atoms with Crippen LogP contribution >= 0.6 is 0 Å². The molecule has 2 rings (SSSR count). The molecule has 0 aliphatic heterocycles. The molecule has 0 saturated carbocycles. The molecule has 4 atom stereocenters. The monoisotopic (exact) mass is 279 g/mol. The molecule has 0 fully saturated rings. The molecule has 0 spiro atoms. The predicted octanol–water partition coefficient (Wildman–Crippen LogP) is 2.98. The maximum absolute atomic E-state index is 11.4. The fourth-order valence-corrected chi connectivity index (χ4v) is 3.33. The van der Waals surface area contributed by atoms with Gasteiger partial charge in [0, 0.05) is 28.3 Å². The number of hydrogen-bond donors (Lipinski definition) is 1. The van der Waals surface area contributed by atoms with Gasteiger partial charge in [0.2, 0.25) is 0 Å². The lowest BCUT2D eigenvalue weighted by Crippen LogP contribution is -2.27. The van der Waals surface area contributed by atoms with Crippen molar-refractivity contribution < 1.29 is 4.21 Å². The Hall–Kier alpha value is -0.670. The predicted molar refractivity (Wildman–Crippen MR) is 82.9 cm³/mol. The van der Waals surface area contributed by atoms with Gasteiger partial charge in [0.15, 0.2) is 0 Å². The van der Waals surface area contributed by atoms with Gasteiger partial charge in [0.1, 0.15) is 0 Å². The van der Waals surface area contributed by atoms with E-state index in [0.29, 0.717) is 12.0 Å². The summed E-state index contributed by atoms with van der Waals surface area (Å²) in [6.07, 6.45) is 3.94. The van der Waals surface area contributed by atoms with Crippen LogP contribution in [-0.4, -0.2) is 22.3 Å². The Morgan fingerprint density at radius 2 is 2.21 bits per heavy atom. The van der Waals surface area contributed by atoms with E-state index in [1.54, 1.807) is 6.26 Å². The van der Waals surface area contributed by atoms with Gasteiger partial charge in [-0.05, 0) is 43.4 Å². The highest BCUT2D eigenvalue weighted by atomic mass is 32.2. The minimum Gasteiger partial charge on any atom is -0.310 e. The van der Waals surface area contributed by atoms with Gasteiger partial charge in [-0.1, -0.05) is 37.6 Å². The summed E-state index contributed by atoms with van der Waals surface area (Å²) in [6, 6.07) is 7.26. The topological polar surface area (TPSA) is 29.1 Å². The van der Waals surface area contributed by atoms with Crippen molar-refractivity contribution in [2.24, 2.45) is 5.92 Å². The van der Waals surface area contributed by atoms with E-state index >= 15 is 0 Å². The van der Waals surface area contributed by atoms with Gasteiger partial charge in [-0.15, -0.1) is 0 Å². The van der Waals surface area contributed by atoms with Crippen molar-refractivity contribution in [2.45, 2.75) is 44.9 Å². The Kier molecular flexibility index (Phi) is 4.80. The minimum absolute atomic E-state index is 0.279. The van der Waals surface area contributed by atoms with Crippen molar-refractivity contribution >= 4 is 10.8 Å². The van der Waals surface area contributed by atoms with E-state index in [4.69, 9.17) is 0 Å². The molecule has 4 unspecified atom stereocenters. The molecular weight excluding hydrogens is 254 g/mol. The summed E-state index contributed by atoms with van der Waals surface area (Å²) in [6.45, 7) is 7.48. The van der Waals surface area contributed by atoms with Crippen molar-refractivity contribution in [3.8, 4) is 0 Å². The van der Waals surface area contributed by atoms with Crippen LogP contribution in [0.1, 0.15) is 43.0 Å². The van der Waals surface area contributed by atoms with E-state index in [1.165, 1.54) is 23.1 Å². The molecule has 1 aromatic carbocycles.